The number of amides is 1. The fourth-order valence-electron chi connectivity index (χ4n) is 3.22. The Kier molecular flexibility index (Phi) is 3.46. The Morgan fingerprint density at radius 3 is 2.78 bits per heavy atom. The van der Waals surface area contributed by atoms with Crippen molar-refractivity contribution in [1.82, 2.24) is 10.3 Å². The van der Waals surface area contributed by atoms with Gasteiger partial charge < -0.3 is 15.5 Å². The number of halogens is 1. The zero-order valence-electron chi connectivity index (χ0n) is 12.5. The summed E-state index contributed by atoms with van der Waals surface area (Å²) in [6, 6.07) is 8.77. The molecule has 2 bridgehead atoms. The smallest absolute Gasteiger partial charge is 0.257 e. The summed E-state index contributed by atoms with van der Waals surface area (Å²) in [5.41, 5.74) is 1.86. The number of aromatic nitrogens is 1. The van der Waals surface area contributed by atoms with E-state index in [0.717, 1.165) is 18.8 Å². The lowest BCUT2D eigenvalue weighted by molar-refractivity contribution is 0.102. The third-order valence-electron chi connectivity index (χ3n) is 4.36. The quantitative estimate of drug-likeness (QED) is 0.910. The van der Waals surface area contributed by atoms with E-state index in [2.05, 4.69) is 20.5 Å². The number of benzene rings is 1. The van der Waals surface area contributed by atoms with E-state index < -0.39 is 0 Å². The second-order valence-electron chi connectivity index (χ2n) is 6.10. The third-order valence-corrected chi connectivity index (χ3v) is 4.36. The average molecular weight is 312 g/mol. The highest BCUT2D eigenvalue weighted by Gasteiger charge is 2.36. The van der Waals surface area contributed by atoms with Crippen molar-refractivity contribution in [2.24, 2.45) is 0 Å². The molecule has 3 fully saturated rings. The SMILES string of the molecule is O=C(Nc1cccc(F)c1)c1cncc(N2CC3CC(C2)N3)c1. The number of fused-ring (bicyclic) bond motifs is 2. The molecule has 0 aliphatic carbocycles. The molecule has 4 heterocycles. The minimum atomic E-state index is -0.380. The van der Waals surface area contributed by atoms with E-state index in [1.54, 1.807) is 18.3 Å². The summed E-state index contributed by atoms with van der Waals surface area (Å²) in [6.07, 6.45) is 4.54. The number of piperazine rings is 1. The van der Waals surface area contributed by atoms with E-state index in [9.17, 15) is 9.18 Å². The molecular formula is C17H17FN4O. The molecule has 0 radical (unpaired) electrons. The van der Waals surface area contributed by atoms with E-state index in [-0.39, 0.29) is 11.7 Å². The molecule has 23 heavy (non-hydrogen) atoms. The molecule has 3 saturated heterocycles. The van der Waals surface area contributed by atoms with Gasteiger partial charge in [-0.15, -0.1) is 0 Å². The molecule has 3 aliphatic rings. The molecule has 1 amide bonds. The third kappa shape index (κ3) is 2.90. The van der Waals surface area contributed by atoms with Crippen molar-refractivity contribution in [2.45, 2.75) is 18.5 Å². The fraction of sp³-hybridized carbons (Fsp3) is 0.294. The summed E-state index contributed by atoms with van der Waals surface area (Å²) in [5.74, 6) is -0.667. The Hall–Kier alpha value is -2.47. The first-order valence-corrected chi connectivity index (χ1v) is 7.70. The van der Waals surface area contributed by atoms with Crippen LogP contribution in [0.25, 0.3) is 0 Å². The van der Waals surface area contributed by atoms with E-state index in [1.807, 2.05) is 6.07 Å². The Morgan fingerprint density at radius 1 is 1.26 bits per heavy atom. The summed E-state index contributed by atoms with van der Waals surface area (Å²) in [4.78, 5) is 18.8. The first-order chi connectivity index (χ1) is 11.2. The second-order valence-corrected chi connectivity index (χ2v) is 6.10. The summed E-state index contributed by atoms with van der Waals surface area (Å²) < 4.78 is 13.2. The van der Waals surface area contributed by atoms with Crippen LogP contribution in [0.5, 0.6) is 0 Å². The number of nitrogens with one attached hydrogen (secondary N) is 2. The second kappa shape index (κ2) is 5.62. The Bertz CT molecular complexity index is 735. The molecule has 3 aliphatic heterocycles. The number of hydrogen-bond donors (Lipinski definition) is 2. The summed E-state index contributed by atoms with van der Waals surface area (Å²) in [7, 11) is 0. The predicted molar refractivity (Wildman–Crippen MR) is 86.1 cm³/mol. The van der Waals surface area contributed by atoms with Crippen molar-refractivity contribution in [2.75, 3.05) is 23.3 Å². The zero-order valence-corrected chi connectivity index (χ0v) is 12.5. The summed E-state index contributed by atoms with van der Waals surface area (Å²) in [6.45, 7) is 1.88. The standard InChI is InChI=1S/C17H17FN4O/c18-12-2-1-3-13(5-12)21-17(23)11-4-16(8-19-7-11)22-9-14-6-15(10-22)20-14/h1-5,7-8,14-15,20H,6,9-10H2,(H,21,23). The van der Waals surface area contributed by atoms with Gasteiger partial charge in [0.2, 0.25) is 0 Å². The van der Waals surface area contributed by atoms with Gasteiger partial charge in [0.25, 0.3) is 5.91 Å². The van der Waals surface area contributed by atoms with Gasteiger partial charge in [-0.25, -0.2) is 4.39 Å². The van der Waals surface area contributed by atoms with Crippen LogP contribution in [-0.4, -0.2) is 36.1 Å². The lowest BCUT2D eigenvalue weighted by Gasteiger charge is -2.49. The molecule has 1 aromatic heterocycles. The number of piperidine rings is 1. The van der Waals surface area contributed by atoms with Gasteiger partial charge in [0.05, 0.1) is 17.4 Å². The monoisotopic (exact) mass is 312 g/mol. The first kappa shape index (κ1) is 14.1. The zero-order chi connectivity index (χ0) is 15.8. The molecule has 2 aromatic rings. The maximum absolute atomic E-state index is 13.2. The van der Waals surface area contributed by atoms with Crippen molar-refractivity contribution in [3.05, 3.63) is 54.1 Å². The van der Waals surface area contributed by atoms with Crippen LogP contribution in [0.2, 0.25) is 0 Å². The highest BCUT2D eigenvalue weighted by Crippen LogP contribution is 2.26. The number of rotatable bonds is 3. The number of carbonyl (C=O) groups excluding carboxylic acids is 1. The van der Waals surface area contributed by atoms with E-state index >= 15 is 0 Å². The van der Waals surface area contributed by atoms with Gasteiger partial charge in [0, 0.05) is 37.1 Å². The molecule has 0 spiro atoms. The number of carbonyl (C=O) groups is 1. The average Bonchev–Trinajstić information content (AvgIpc) is 2.54. The lowest BCUT2D eigenvalue weighted by Crippen LogP contribution is -2.67. The largest absolute Gasteiger partial charge is 0.367 e. The van der Waals surface area contributed by atoms with Crippen molar-refractivity contribution in [3.63, 3.8) is 0 Å². The maximum atomic E-state index is 13.2. The minimum Gasteiger partial charge on any atom is -0.367 e. The van der Waals surface area contributed by atoms with Gasteiger partial charge in [0.15, 0.2) is 0 Å². The number of hydrogen-bond acceptors (Lipinski definition) is 4. The van der Waals surface area contributed by atoms with Gasteiger partial charge >= 0.3 is 0 Å². The van der Waals surface area contributed by atoms with Gasteiger partial charge in [0.1, 0.15) is 5.82 Å². The molecule has 1 aromatic carbocycles. The molecular weight excluding hydrogens is 295 g/mol. The van der Waals surface area contributed by atoms with Gasteiger partial charge in [-0.2, -0.15) is 0 Å². The van der Waals surface area contributed by atoms with Gasteiger partial charge in [-0.1, -0.05) is 6.07 Å². The van der Waals surface area contributed by atoms with Gasteiger partial charge in [-0.3, -0.25) is 9.78 Å². The van der Waals surface area contributed by atoms with Crippen molar-refractivity contribution in [1.29, 1.82) is 0 Å². The summed E-state index contributed by atoms with van der Waals surface area (Å²) in [5, 5.41) is 6.17. The van der Waals surface area contributed by atoms with Crippen molar-refractivity contribution in [3.8, 4) is 0 Å². The molecule has 6 heteroatoms. The van der Waals surface area contributed by atoms with E-state index in [4.69, 9.17) is 0 Å². The molecule has 118 valence electrons. The molecule has 0 saturated carbocycles. The maximum Gasteiger partial charge on any atom is 0.257 e. The van der Waals surface area contributed by atoms with Crippen molar-refractivity contribution >= 4 is 17.3 Å². The van der Waals surface area contributed by atoms with Crippen LogP contribution >= 0.6 is 0 Å². The van der Waals surface area contributed by atoms with Crippen LogP contribution < -0.4 is 15.5 Å². The highest BCUT2D eigenvalue weighted by atomic mass is 19.1. The Balaban J connectivity index is 1.50. The van der Waals surface area contributed by atoms with Crippen LogP contribution in [-0.2, 0) is 0 Å². The van der Waals surface area contributed by atoms with Crippen LogP contribution in [0.15, 0.2) is 42.7 Å². The first-order valence-electron chi connectivity index (χ1n) is 7.70. The van der Waals surface area contributed by atoms with Crippen LogP contribution in [0.3, 0.4) is 0 Å². The highest BCUT2D eigenvalue weighted by molar-refractivity contribution is 6.04. The summed E-state index contributed by atoms with van der Waals surface area (Å²) >= 11 is 0. The van der Waals surface area contributed by atoms with E-state index in [0.29, 0.717) is 23.3 Å². The van der Waals surface area contributed by atoms with Gasteiger partial charge in [-0.05, 0) is 30.7 Å². The Morgan fingerprint density at radius 2 is 2.04 bits per heavy atom. The van der Waals surface area contributed by atoms with E-state index in [1.165, 1.54) is 24.8 Å². The normalized spacial score (nSPS) is 22.4. The molecule has 2 N–H and O–H groups in total. The van der Waals surface area contributed by atoms with Crippen LogP contribution in [0.1, 0.15) is 16.8 Å². The van der Waals surface area contributed by atoms with Crippen LogP contribution in [0.4, 0.5) is 15.8 Å². The number of nitrogens with zero attached hydrogens (tertiary/aromatic N) is 2. The molecule has 2 unspecified atom stereocenters. The number of anilines is 2. The minimum absolute atomic E-state index is 0.287. The fourth-order valence-corrected chi connectivity index (χ4v) is 3.22. The number of pyridine rings is 1. The Labute approximate surface area is 133 Å². The topological polar surface area (TPSA) is 57.3 Å². The molecule has 5 nitrogen and oxygen atoms in total. The lowest BCUT2D eigenvalue weighted by atomic mass is 9.91. The van der Waals surface area contributed by atoms with Crippen LogP contribution in [0, 0.1) is 5.82 Å². The predicted octanol–water partition coefficient (Wildman–Crippen LogP) is 2.02. The van der Waals surface area contributed by atoms with Crippen molar-refractivity contribution < 1.29 is 9.18 Å². The molecule has 2 atom stereocenters. The molecule has 5 rings (SSSR count).